The fraction of sp³-hybridized carbons (Fsp3) is 0.263. The van der Waals surface area contributed by atoms with Crippen LogP contribution in [0, 0.1) is 12.7 Å². The Morgan fingerprint density at radius 2 is 1.96 bits per heavy atom. The van der Waals surface area contributed by atoms with E-state index in [1.54, 1.807) is 34.7 Å². The van der Waals surface area contributed by atoms with Crippen molar-refractivity contribution in [3.63, 3.8) is 0 Å². The smallest absolute Gasteiger partial charge is 0.220 e. The second kappa shape index (κ2) is 6.79. The molecule has 0 unspecified atom stereocenters. The van der Waals surface area contributed by atoms with Gasteiger partial charge < -0.3 is 9.64 Å². The van der Waals surface area contributed by atoms with E-state index in [4.69, 9.17) is 4.74 Å². The van der Waals surface area contributed by atoms with Crippen molar-refractivity contribution in [1.82, 2.24) is 24.9 Å². The van der Waals surface area contributed by atoms with Crippen molar-refractivity contribution in [1.29, 1.82) is 0 Å². The van der Waals surface area contributed by atoms with E-state index in [2.05, 4.69) is 15.3 Å². The van der Waals surface area contributed by atoms with Gasteiger partial charge in [-0.15, -0.1) is 5.10 Å². The second-order valence-corrected chi connectivity index (χ2v) is 6.43. The molecule has 138 valence electrons. The standard InChI is InChI=1S/C19H18FN5O2/c1-12-18(25(23-22-12)16-6-4-15(20)5-7-16)11-27-19-8-3-14-9-24(13(2)26)10-17(14)21-19/h3-8H,9-11H2,1-2H3. The first-order valence-corrected chi connectivity index (χ1v) is 8.55. The SMILES string of the molecule is CC(=O)N1Cc2ccc(OCc3c(C)nnn3-c3ccc(F)cc3)nc2C1. The van der Waals surface area contributed by atoms with Gasteiger partial charge in [0.25, 0.3) is 0 Å². The summed E-state index contributed by atoms with van der Waals surface area (Å²) in [4.78, 5) is 17.8. The number of fused-ring (bicyclic) bond motifs is 1. The van der Waals surface area contributed by atoms with Crippen LogP contribution in [0.3, 0.4) is 0 Å². The monoisotopic (exact) mass is 367 g/mol. The van der Waals surface area contributed by atoms with E-state index in [1.807, 2.05) is 13.0 Å². The van der Waals surface area contributed by atoms with Gasteiger partial charge in [0.1, 0.15) is 18.1 Å². The first-order valence-electron chi connectivity index (χ1n) is 8.55. The van der Waals surface area contributed by atoms with Gasteiger partial charge in [-0.3, -0.25) is 4.79 Å². The van der Waals surface area contributed by atoms with Crippen molar-refractivity contribution in [2.24, 2.45) is 0 Å². The minimum Gasteiger partial charge on any atom is -0.471 e. The van der Waals surface area contributed by atoms with Crippen LogP contribution in [0.2, 0.25) is 0 Å². The molecule has 0 fully saturated rings. The number of amides is 1. The number of aromatic nitrogens is 4. The van der Waals surface area contributed by atoms with Crippen LogP contribution in [0.25, 0.3) is 5.69 Å². The number of halogens is 1. The molecule has 8 heteroatoms. The van der Waals surface area contributed by atoms with Crippen LogP contribution in [-0.2, 0) is 24.5 Å². The van der Waals surface area contributed by atoms with Crippen molar-refractivity contribution in [3.8, 4) is 11.6 Å². The minimum absolute atomic E-state index is 0.0281. The summed E-state index contributed by atoms with van der Waals surface area (Å²) in [6, 6.07) is 9.75. The molecule has 1 aromatic carbocycles. The Bertz CT molecular complexity index is 1000. The minimum atomic E-state index is -0.310. The van der Waals surface area contributed by atoms with Crippen molar-refractivity contribution >= 4 is 5.91 Å². The second-order valence-electron chi connectivity index (χ2n) is 6.43. The average Bonchev–Trinajstić information content (AvgIpc) is 3.24. The van der Waals surface area contributed by atoms with Crippen molar-refractivity contribution in [2.45, 2.75) is 33.5 Å². The van der Waals surface area contributed by atoms with Crippen molar-refractivity contribution in [3.05, 3.63) is 64.9 Å². The van der Waals surface area contributed by atoms with Gasteiger partial charge in [-0.05, 0) is 42.8 Å². The molecule has 27 heavy (non-hydrogen) atoms. The molecule has 0 atom stereocenters. The summed E-state index contributed by atoms with van der Waals surface area (Å²) in [5.41, 5.74) is 4.07. The largest absolute Gasteiger partial charge is 0.471 e. The molecule has 0 saturated carbocycles. The lowest BCUT2D eigenvalue weighted by atomic mass is 10.2. The molecule has 0 radical (unpaired) electrons. The molecule has 2 aromatic heterocycles. The van der Waals surface area contributed by atoms with Crippen LogP contribution in [0.15, 0.2) is 36.4 Å². The van der Waals surface area contributed by atoms with Crippen LogP contribution in [0.4, 0.5) is 4.39 Å². The van der Waals surface area contributed by atoms with Crippen molar-refractivity contribution < 1.29 is 13.9 Å². The van der Waals surface area contributed by atoms with E-state index in [0.29, 0.717) is 24.7 Å². The molecule has 3 aromatic rings. The molecule has 7 nitrogen and oxygen atoms in total. The normalized spacial score (nSPS) is 12.9. The third-order valence-electron chi connectivity index (χ3n) is 4.58. The van der Waals surface area contributed by atoms with E-state index < -0.39 is 0 Å². The Kier molecular flexibility index (Phi) is 4.31. The summed E-state index contributed by atoms with van der Waals surface area (Å²) in [5, 5.41) is 8.20. The summed E-state index contributed by atoms with van der Waals surface area (Å²) in [6.07, 6.45) is 0. The first kappa shape index (κ1) is 17.1. The number of pyridine rings is 1. The van der Waals surface area contributed by atoms with Gasteiger partial charge >= 0.3 is 0 Å². The highest BCUT2D eigenvalue weighted by atomic mass is 19.1. The Morgan fingerprint density at radius 1 is 1.19 bits per heavy atom. The van der Waals surface area contributed by atoms with E-state index in [1.165, 1.54) is 12.1 Å². The maximum absolute atomic E-state index is 13.2. The Balaban J connectivity index is 1.52. The topological polar surface area (TPSA) is 73.1 Å². The Morgan fingerprint density at radius 3 is 2.70 bits per heavy atom. The number of hydrogen-bond acceptors (Lipinski definition) is 5. The zero-order valence-electron chi connectivity index (χ0n) is 15.0. The number of nitrogens with zero attached hydrogens (tertiary/aromatic N) is 5. The van der Waals surface area contributed by atoms with Crippen molar-refractivity contribution in [2.75, 3.05) is 0 Å². The fourth-order valence-corrected chi connectivity index (χ4v) is 3.01. The molecule has 0 saturated heterocycles. The molecule has 1 aliphatic rings. The van der Waals surface area contributed by atoms with Crippen LogP contribution < -0.4 is 4.74 Å². The van der Waals surface area contributed by atoms with Crippen LogP contribution in [0.1, 0.15) is 29.6 Å². The molecular weight excluding hydrogens is 349 g/mol. The number of hydrogen-bond donors (Lipinski definition) is 0. The summed E-state index contributed by atoms with van der Waals surface area (Å²) in [5.74, 6) is 0.195. The fourth-order valence-electron chi connectivity index (χ4n) is 3.01. The van der Waals surface area contributed by atoms with Crippen LogP contribution in [0.5, 0.6) is 5.88 Å². The molecule has 1 aliphatic heterocycles. The molecule has 0 aliphatic carbocycles. The maximum Gasteiger partial charge on any atom is 0.220 e. The van der Waals surface area contributed by atoms with E-state index in [0.717, 1.165) is 22.6 Å². The first-order chi connectivity index (χ1) is 13.0. The number of carbonyl (C=O) groups is 1. The predicted molar refractivity (Wildman–Crippen MR) is 94.6 cm³/mol. The average molecular weight is 367 g/mol. The highest BCUT2D eigenvalue weighted by Crippen LogP contribution is 2.24. The van der Waals surface area contributed by atoms with Crippen LogP contribution >= 0.6 is 0 Å². The molecule has 4 rings (SSSR count). The summed E-state index contributed by atoms with van der Waals surface area (Å²) < 4.78 is 20.6. The van der Waals surface area contributed by atoms with Gasteiger partial charge in [0, 0.05) is 19.5 Å². The number of carbonyl (C=O) groups excluding carboxylic acids is 1. The number of ether oxygens (including phenoxy) is 1. The zero-order valence-corrected chi connectivity index (χ0v) is 15.0. The molecule has 1 amide bonds. The van der Waals surface area contributed by atoms with E-state index >= 15 is 0 Å². The summed E-state index contributed by atoms with van der Waals surface area (Å²) in [6.45, 7) is 4.69. The molecule has 3 heterocycles. The lowest BCUT2D eigenvalue weighted by Gasteiger charge is -2.10. The van der Waals surface area contributed by atoms with Gasteiger partial charge in [0.15, 0.2) is 0 Å². The number of benzene rings is 1. The van der Waals surface area contributed by atoms with E-state index in [9.17, 15) is 9.18 Å². The van der Waals surface area contributed by atoms with Gasteiger partial charge in [0.2, 0.25) is 11.8 Å². The number of aryl methyl sites for hydroxylation is 1. The molecule has 0 bridgehead atoms. The molecule has 0 spiro atoms. The predicted octanol–water partition coefficient (Wildman–Crippen LogP) is 2.55. The Hall–Kier alpha value is -3.29. The zero-order chi connectivity index (χ0) is 19.0. The van der Waals surface area contributed by atoms with Gasteiger partial charge in [-0.1, -0.05) is 5.21 Å². The highest BCUT2D eigenvalue weighted by molar-refractivity contribution is 5.74. The van der Waals surface area contributed by atoms with Gasteiger partial charge in [0.05, 0.1) is 23.6 Å². The lowest BCUT2D eigenvalue weighted by molar-refractivity contribution is -0.129. The van der Waals surface area contributed by atoms with Gasteiger partial charge in [-0.25, -0.2) is 14.1 Å². The van der Waals surface area contributed by atoms with E-state index in [-0.39, 0.29) is 18.3 Å². The van der Waals surface area contributed by atoms with Crippen LogP contribution in [-0.4, -0.2) is 30.8 Å². The quantitative estimate of drug-likeness (QED) is 0.709. The molecular formula is C19H18FN5O2. The summed E-state index contributed by atoms with van der Waals surface area (Å²) >= 11 is 0. The third kappa shape index (κ3) is 3.38. The third-order valence-corrected chi connectivity index (χ3v) is 4.58. The summed E-state index contributed by atoms with van der Waals surface area (Å²) in [7, 11) is 0. The molecule has 0 N–H and O–H groups in total. The lowest BCUT2D eigenvalue weighted by Crippen LogP contribution is -2.21. The number of rotatable bonds is 4. The highest BCUT2D eigenvalue weighted by Gasteiger charge is 2.22. The maximum atomic E-state index is 13.2. The van der Waals surface area contributed by atoms with Gasteiger partial charge in [-0.2, -0.15) is 0 Å². The Labute approximate surface area is 155 Å².